The van der Waals surface area contributed by atoms with Crippen LogP contribution in [0.3, 0.4) is 0 Å². The maximum atomic E-state index is 11.8. The molecule has 114 valence electrons. The number of hydrogen-bond donors (Lipinski definition) is 4. The fraction of sp³-hybridized carbons (Fsp3) is 0.308. The molecular weight excluding hydrogens is 278 g/mol. The summed E-state index contributed by atoms with van der Waals surface area (Å²) in [4.78, 5) is 33.6. The first kappa shape index (κ1) is 16.3. The van der Waals surface area contributed by atoms with E-state index in [-0.39, 0.29) is 11.7 Å². The molecule has 0 aliphatic carbocycles. The molecular formula is C13H17N3O5. The molecule has 0 radical (unpaired) electrons. The second-order valence-corrected chi connectivity index (χ2v) is 4.11. The Kier molecular flexibility index (Phi) is 5.99. The lowest BCUT2D eigenvalue weighted by atomic mass is 10.3. The standard InChI is InChI=1S/C13H17N3O5/c1-8(12(19)14-2)15-13(20)16-9-5-3-4-6-10(9)21-7-11(17)18/h3-6,8H,7H2,1-2H3,(H,14,19)(H,17,18)(H2,15,16,20). The van der Waals surface area contributed by atoms with E-state index in [0.29, 0.717) is 5.69 Å². The van der Waals surface area contributed by atoms with Gasteiger partial charge in [-0.05, 0) is 19.1 Å². The molecule has 3 amide bonds. The van der Waals surface area contributed by atoms with E-state index in [2.05, 4.69) is 16.0 Å². The minimum Gasteiger partial charge on any atom is -0.480 e. The maximum Gasteiger partial charge on any atom is 0.341 e. The van der Waals surface area contributed by atoms with Crippen LogP contribution in [0.5, 0.6) is 5.75 Å². The molecule has 0 aliphatic rings. The van der Waals surface area contributed by atoms with E-state index in [1.807, 2.05) is 0 Å². The average molecular weight is 295 g/mol. The number of aliphatic carboxylic acids is 1. The van der Waals surface area contributed by atoms with Crippen LogP contribution in [0.1, 0.15) is 6.92 Å². The normalized spacial score (nSPS) is 11.1. The van der Waals surface area contributed by atoms with Gasteiger partial charge in [0.25, 0.3) is 0 Å². The summed E-state index contributed by atoms with van der Waals surface area (Å²) < 4.78 is 5.05. The smallest absolute Gasteiger partial charge is 0.341 e. The number of ether oxygens (including phenoxy) is 1. The van der Waals surface area contributed by atoms with Crippen LogP contribution in [0.4, 0.5) is 10.5 Å². The lowest BCUT2D eigenvalue weighted by Gasteiger charge is -2.15. The summed E-state index contributed by atoms with van der Waals surface area (Å²) in [5, 5.41) is 15.9. The molecule has 1 unspecified atom stereocenters. The molecule has 1 rings (SSSR count). The van der Waals surface area contributed by atoms with Crippen LogP contribution >= 0.6 is 0 Å². The first-order valence-electron chi connectivity index (χ1n) is 6.16. The van der Waals surface area contributed by atoms with Crippen LogP contribution in [0, 0.1) is 0 Å². The van der Waals surface area contributed by atoms with Crippen molar-refractivity contribution in [1.82, 2.24) is 10.6 Å². The van der Waals surface area contributed by atoms with Crippen LogP contribution in [0.2, 0.25) is 0 Å². The number of carboxylic acid groups (broad SMARTS) is 1. The summed E-state index contributed by atoms with van der Waals surface area (Å²) in [5.74, 6) is -1.23. The predicted octanol–water partition coefficient (Wildman–Crippen LogP) is 0.406. The molecule has 0 bridgehead atoms. The summed E-state index contributed by atoms with van der Waals surface area (Å²) in [7, 11) is 1.47. The van der Waals surface area contributed by atoms with E-state index >= 15 is 0 Å². The third kappa shape index (κ3) is 5.39. The highest BCUT2D eigenvalue weighted by atomic mass is 16.5. The van der Waals surface area contributed by atoms with Crippen LogP contribution in [-0.4, -0.2) is 42.7 Å². The Morgan fingerprint density at radius 3 is 2.57 bits per heavy atom. The van der Waals surface area contributed by atoms with E-state index in [1.165, 1.54) is 20.0 Å². The minimum atomic E-state index is -1.12. The Balaban J connectivity index is 2.67. The van der Waals surface area contributed by atoms with Gasteiger partial charge in [-0.25, -0.2) is 9.59 Å². The Morgan fingerprint density at radius 2 is 1.95 bits per heavy atom. The molecule has 0 saturated carbocycles. The van der Waals surface area contributed by atoms with Gasteiger partial charge in [-0.1, -0.05) is 12.1 Å². The van der Waals surface area contributed by atoms with Crippen molar-refractivity contribution in [3.63, 3.8) is 0 Å². The number of nitrogens with one attached hydrogen (secondary N) is 3. The number of amides is 3. The quantitative estimate of drug-likeness (QED) is 0.606. The largest absolute Gasteiger partial charge is 0.480 e. The zero-order chi connectivity index (χ0) is 15.8. The van der Waals surface area contributed by atoms with Gasteiger partial charge in [-0.15, -0.1) is 0 Å². The topological polar surface area (TPSA) is 117 Å². The van der Waals surface area contributed by atoms with Gasteiger partial charge in [-0.3, -0.25) is 4.79 Å². The number of carbonyl (C=O) groups is 3. The highest BCUT2D eigenvalue weighted by Crippen LogP contribution is 2.23. The number of carboxylic acids is 1. The highest BCUT2D eigenvalue weighted by Gasteiger charge is 2.15. The van der Waals surface area contributed by atoms with Crippen molar-refractivity contribution in [2.75, 3.05) is 19.0 Å². The molecule has 1 atom stereocenters. The third-order valence-corrected chi connectivity index (χ3v) is 2.47. The first-order valence-corrected chi connectivity index (χ1v) is 6.16. The van der Waals surface area contributed by atoms with Crippen LogP contribution in [-0.2, 0) is 9.59 Å². The van der Waals surface area contributed by atoms with Gasteiger partial charge in [0.05, 0.1) is 5.69 Å². The maximum absolute atomic E-state index is 11.8. The lowest BCUT2D eigenvalue weighted by Crippen LogP contribution is -2.45. The molecule has 8 nitrogen and oxygen atoms in total. The first-order chi connectivity index (χ1) is 9.93. The van der Waals surface area contributed by atoms with Crippen molar-refractivity contribution in [3.8, 4) is 5.75 Å². The molecule has 1 aromatic carbocycles. The van der Waals surface area contributed by atoms with Crippen molar-refractivity contribution >= 4 is 23.6 Å². The van der Waals surface area contributed by atoms with Gasteiger partial charge < -0.3 is 25.8 Å². The molecule has 8 heteroatoms. The number of urea groups is 1. The Morgan fingerprint density at radius 1 is 1.29 bits per heavy atom. The summed E-state index contributed by atoms with van der Waals surface area (Å²) in [6, 6.07) is 5.08. The van der Waals surface area contributed by atoms with Gasteiger partial charge in [0.2, 0.25) is 5.91 Å². The number of hydrogen-bond acceptors (Lipinski definition) is 4. The summed E-state index contributed by atoms with van der Waals surface area (Å²) >= 11 is 0. The van der Waals surface area contributed by atoms with E-state index < -0.39 is 24.6 Å². The fourth-order valence-electron chi connectivity index (χ4n) is 1.47. The molecule has 0 heterocycles. The van der Waals surface area contributed by atoms with Crippen LogP contribution < -0.4 is 20.7 Å². The zero-order valence-corrected chi connectivity index (χ0v) is 11.7. The van der Waals surface area contributed by atoms with Crippen molar-refractivity contribution in [1.29, 1.82) is 0 Å². The molecule has 1 aromatic rings. The Bertz CT molecular complexity index is 532. The van der Waals surface area contributed by atoms with Crippen LogP contribution in [0.25, 0.3) is 0 Å². The highest BCUT2D eigenvalue weighted by molar-refractivity contribution is 5.94. The second-order valence-electron chi connectivity index (χ2n) is 4.11. The van der Waals surface area contributed by atoms with Gasteiger partial charge in [0, 0.05) is 7.05 Å². The average Bonchev–Trinajstić information content (AvgIpc) is 2.45. The number of carbonyl (C=O) groups excluding carboxylic acids is 2. The Hall–Kier alpha value is -2.77. The molecule has 21 heavy (non-hydrogen) atoms. The molecule has 0 aliphatic heterocycles. The summed E-state index contributed by atoms with van der Waals surface area (Å²) in [6.45, 7) is 1.01. The summed E-state index contributed by atoms with van der Waals surface area (Å²) in [5.41, 5.74) is 0.306. The number of benzene rings is 1. The zero-order valence-electron chi connectivity index (χ0n) is 11.7. The number of para-hydroxylation sites is 2. The SMILES string of the molecule is CNC(=O)C(C)NC(=O)Nc1ccccc1OCC(=O)O. The van der Waals surface area contributed by atoms with Crippen LogP contribution in [0.15, 0.2) is 24.3 Å². The van der Waals surface area contributed by atoms with Crippen molar-refractivity contribution < 1.29 is 24.2 Å². The molecule has 0 fully saturated rings. The van der Waals surface area contributed by atoms with Crippen molar-refractivity contribution in [2.24, 2.45) is 0 Å². The van der Waals surface area contributed by atoms with Gasteiger partial charge >= 0.3 is 12.0 Å². The molecule has 0 aromatic heterocycles. The Labute approximate surface area is 121 Å². The van der Waals surface area contributed by atoms with E-state index in [0.717, 1.165) is 0 Å². The second kappa shape index (κ2) is 7.73. The van der Waals surface area contributed by atoms with E-state index in [4.69, 9.17) is 9.84 Å². The number of likely N-dealkylation sites (N-methyl/N-ethyl adjacent to an activating group) is 1. The predicted molar refractivity (Wildman–Crippen MR) is 75.3 cm³/mol. The van der Waals surface area contributed by atoms with E-state index in [1.54, 1.807) is 18.2 Å². The molecule has 0 saturated heterocycles. The van der Waals surface area contributed by atoms with Crippen molar-refractivity contribution in [2.45, 2.75) is 13.0 Å². The minimum absolute atomic E-state index is 0.225. The number of rotatable bonds is 6. The van der Waals surface area contributed by atoms with Gasteiger partial charge in [-0.2, -0.15) is 0 Å². The molecule has 4 N–H and O–H groups in total. The van der Waals surface area contributed by atoms with Crippen molar-refractivity contribution in [3.05, 3.63) is 24.3 Å². The monoisotopic (exact) mass is 295 g/mol. The fourth-order valence-corrected chi connectivity index (χ4v) is 1.47. The molecule has 0 spiro atoms. The van der Waals surface area contributed by atoms with Gasteiger partial charge in [0.1, 0.15) is 11.8 Å². The lowest BCUT2D eigenvalue weighted by molar-refractivity contribution is -0.139. The number of anilines is 1. The third-order valence-electron chi connectivity index (χ3n) is 2.47. The summed E-state index contributed by atoms with van der Waals surface area (Å²) in [6.07, 6.45) is 0. The van der Waals surface area contributed by atoms with Gasteiger partial charge in [0.15, 0.2) is 6.61 Å². The van der Waals surface area contributed by atoms with E-state index in [9.17, 15) is 14.4 Å².